The third-order valence-corrected chi connectivity index (χ3v) is 4.61. The topological polar surface area (TPSA) is 66.4 Å². The minimum absolute atomic E-state index is 0.458. The van der Waals surface area contributed by atoms with Crippen LogP contribution >= 0.6 is 0 Å². The molecule has 0 aromatic heterocycles. The molecule has 0 aliphatic rings. The van der Waals surface area contributed by atoms with E-state index in [-0.39, 0.29) is 0 Å². The maximum atomic E-state index is 13.5. The molecule has 1 unspecified atom stereocenters. The van der Waals surface area contributed by atoms with Crippen molar-refractivity contribution in [3.8, 4) is 0 Å². The molecule has 0 aliphatic carbocycles. The number of hydrogen-bond donors (Lipinski definition) is 2. The highest BCUT2D eigenvalue weighted by Crippen LogP contribution is 2.19. The van der Waals surface area contributed by atoms with Gasteiger partial charge in [0, 0.05) is 6.04 Å². The lowest BCUT2D eigenvalue weighted by Crippen LogP contribution is -2.34. The van der Waals surface area contributed by atoms with E-state index in [0.717, 1.165) is 18.2 Å². The smallest absolute Gasteiger partial charge is 0.246 e. The van der Waals surface area contributed by atoms with E-state index in [4.69, 9.17) is 0 Å². The van der Waals surface area contributed by atoms with Gasteiger partial charge in [0.1, 0.15) is 11.6 Å². The molecule has 1 aromatic carbocycles. The summed E-state index contributed by atoms with van der Waals surface area (Å²) in [6, 6.07) is 2.42. The molecule has 0 saturated heterocycles. The van der Waals surface area contributed by atoms with Crippen molar-refractivity contribution >= 4 is 10.0 Å². The van der Waals surface area contributed by atoms with Crippen molar-refractivity contribution in [3.63, 3.8) is 0 Å². The molecular formula is C14H21F2NO3S. The van der Waals surface area contributed by atoms with Crippen LogP contribution in [0.4, 0.5) is 8.78 Å². The Morgan fingerprint density at radius 2 is 1.81 bits per heavy atom. The molecule has 21 heavy (non-hydrogen) atoms. The highest BCUT2D eigenvalue weighted by Gasteiger charge is 2.25. The second kappa shape index (κ2) is 6.81. The number of hydrogen-bond acceptors (Lipinski definition) is 3. The van der Waals surface area contributed by atoms with Crippen LogP contribution in [0.1, 0.15) is 40.0 Å². The molecule has 4 nitrogen and oxygen atoms in total. The van der Waals surface area contributed by atoms with Crippen LogP contribution in [0, 0.1) is 11.6 Å². The van der Waals surface area contributed by atoms with Crippen molar-refractivity contribution < 1.29 is 22.3 Å². The molecule has 0 fully saturated rings. The number of nitrogens with one attached hydrogen (secondary N) is 1. The molecule has 0 amide bonds. The van der Waals surface area contributed by atoms with Gasteiger partial charge in [0.15, 0.2) is 4.90 Å². The summed E-state index contributed by atoms with van der Waals surface area (Å²) in [5.41, 5.74) is -0.823. The van der Waals surface area contributed by atoms with Crippen molar-refractivity contribution in [2.75, 3.05) is 0 Å². The number of aliphatic hydroxyl groups is 1. The molecule has 1 rings (SSSR count). The van der Waals surface area contributed by atoms with Crippen LogP contribution in [-0.2, 0) is 10.0 Å². The Morgan fingerprint density at radius 3 is 2.29 bits per heavy atom. The molecule has 0 radical (unpaired) electrons. The second-order valence-corrected chi connectivity index (χ2v) is 7.43. The molecular weight excluding hydrogens is 300 g/mol. The lowest BCUT2D eigenvalue weighted by molar-refractivity contribution is 0.0677. The van der Waals surface area contributed by atoms with E-state index in [2.05, 4.69) is 4.72 Å². The van der Waals surface area contributed by atoms with E-state index in [1.54, 1.807) is 20.8 Å². The predicted octanol–water partition coefficient (Wildman–Crippen LogP) is 2.57. The molecule has 0 aliphatic heterocycles. The van der Waals surface area contributed by atoms with E-state index in [0.29, 0.717) is 19.3 Å². The second-order valence-electron chi connectivity index (χ2n) is 5.78. The van der Waals surface area contributed by atoms with Gasteiger partial charge in [-0.15, -0.1) is 0 Å². The van der Waals surface area contributed by atoms with Crippen molar-refractivity contribution in [1.29, 1.82) is 0 Å². The van der Waals surface area contributed by atoms with Crippen molar-refractivity contribution in [2.24, 2.45) is 0 Å². The molecule has 0 heterocycles. The van der Waals surface area contributed by atoms with Crippen LogP contribution in [0.15, 0.2) is 23.1 Å². The number of benzene rings is 1. The molecule has 0 saturated carbocycles. The zero-order valence-corrected chi connectivity index (χ0v) is 13.2. The molecule has 1 aromatic rings. The molecule has 0 bridgehead atoms. The van der Waals surface area contributed by atoms with Gasteiger partial charge in [-0.3, -0.25) is 0 Å². The minimum atomic E-state index is -4.25. The number of halogens is 2. The van der Waals surface area contributed by atoms with Gasteiger partial charge in [0.05, 0.1) is 5.60 Å². The first-order chi connectivity index (χ1) is 9.53. The first kappa shape index (κ1) is 18.0. The van der Waals surface area contributed by atoms with Gasteiger partial charge in [0.2, 0.25) is 10.0 Å². The largest absolute Gasteiger partial charge is 0.390 e. The molecule has 2 N–H and O–H groups in total. The van der Waals surface area contributed by atoms with Gasteiger partial charge < -0.3 is 5.11 Å². The highest BCUT2D eigenvalue weighted by molar-refractivity contribution is 7.89. The predicted molar refractivity (Wildman–Crippen MR) is 76.3 cm³/mol. The van der Waals surface area contributed by atoms with Crippen LogP contribution in [-0.4, -0.2) is 25.2 Å². The van der Waals surface area contributed by atoms with E-state index < -0.39 is 38.2 Å². The first-order valence-electron chi connectivity index (χ1n) is 6.71. The van der Waals surface area contributed by atoms with Gasteiger partial charge >= 0.3 is 0 Å². The SMILES string of the molecule is CC(CCCC(C)(C)O)NS(=O)(=O)c1c(F)cccc1F. The Balaban J connectivity index is 2.73. The number of rotatable bonds is 7. The summed E-state index contributed by atoms with van der Waals surface area (Å²) >= 11 is 0. The normalized spacial score (nSPS) is 14.2. The minimum Gasteiger partial charge on any atom is -0.390 e. The van der Waals surface area contributed by atoms with Gasteiger partial charge in [-0.25, -0.2) is 21.9 Å². The molecule has 0 spiro atoms. The van der Waals surface area contributed by atoms with Crippen LogP contribution in [0.3, 0.4) is 0 Å². The average molecular weight is 321 g/mol. The lowest BCUT2D eigenvalue weighted by atomic mass is 10.00. The summed E-state index contributed by atoms with van der Waals surface area (Å²) in [6.45, 7) is 4.94. The van der Waals surface area contributed by atoms with Crippen LogP contribution < -0.4 is 4.72 Å². The van der Waals surface area contributed by atoms with E-state index in [9.17, 15) is 22.3 Å². The zero-order chi connectivity index (χ0) is 16.3. The Hall–Kier alpha value is -1.05. The summed E-state index contributed by atoms with van der Waals surface area (Å²) < 4.78 is 53.3. The fraction of sp³-hybridized carbons (Fsp3) is 0.571. The summed E-state index contributed by atoms with van der Waals surface area (Å²) in [5.74, 6) is -2.24. The van der Waals surface area contributed by atoms with Crippen molar-refractivity contribution in [3.05, 3.63) is 29.8 Å². The quantitative estimate of drug-likeness (QED) is 0.811. The van der Waals surface area contributed by atoms with E-state index in [1.807, 2.05) is 0 Å². The van der Waals surface area contributed by atoms with Gasteiger partial charge in [-0.05, 0) is 52.2 Å². The fourth-order valence-corrected chi connectivity index (χ4v) is 3.38. The average Bonchev–Trinajstić information content (AvgIpc) is 2.25. The van der Waals surface area contributed by atoms with Crippen molar-refractivity contribution in [1.82, 2.24) is 4.72 Å². The Kier molecular flexibility index (Phi) is 5.83. The summed E-state index contributed by atoms with van der Waals surface area (Å²) in [6.07, 6.45) is 1.55. The van der Waals surface area contributed by atoms with E-state index in [1.165, 1.54) is 0 Å². The van der Waals surface area contributed by atoms with Crippen LogP contribution in [0.5, 0.6) is 0 Å². The summed E-state index contributed by atoms with van der Waals surface area (Å²) in [4.78, 5) is -0.959. The third-order valence-electron chi connectivity index (χ3n) is 2.97. The maximum Gasteiger partial charge on any atom is 0.246 e. The van der Waals surface area contributed by atoms with Crippen molar-refractivity contribution in [2.45, 2.75) is 56.6 Å². The standard InChI is InChI=1S/C14H21F2NO3S/c1-10(6-5-9-14(2,3)18)17-21(19,20)13-11(15)7-4-8-12(13)16/h4,7-8,10,17-18H,5-6,9H2,1-3H3. The maximum absolute atomic E-state index is 13.5. The Morgan fingerprint density at radius 1 is 1.29 bits per heavy atom. The molecule has 7 heteroatoms. The van der Waals surface area contributed by atoms with Gasteiger partial charge in [0.25, 0.3) is 0 Å². The number of sulfonamides is 1. The summed E-state index contributed by atoms with van der Waals surface area (Å²) in [7, 11) is -4.25. The fourth-order valence-electron chi connectivity index (χ4n) is 1.96. The van der Waals surface area contributed by atoms with E-state index >= 15 is 0 Å². The molecule has 1 atom stereocenters. The van der Waals surface area contributed by atoms with Crippen LogP contribution in [0.25, 0.3) is 0 Å². The first-order valence-corrected chi connectivity index (χ1v) is 8.20. The van der Waals surface area contributed by atoms with Gasteiger partial charge in [-0.2, -0.15) is 0 Å². The zero-order valence-electron chi connectivity index (χ0n) is 12.4. The Labute approximate surface area is 124 Å². The Bertz CT molecular complexity index is 562. The molecule has 120 valence electrons. The van der Waals surface area contributed by atoms with Crippen LogP contribution in [0.2, 0.25) is 0 Å². The summed E-state index contributed by atoms with van der Waals surface area (Å²) in [5, 5.41) is 9.58. The lowest BCUT2D eigenvalue weighted by Gasteiger charge is -2.19. The third kappa shape index (κ3) is 5.68. The monoisotopic (exact) mass is 321 g/mol. The van der Waals surface area contributed by atoms with Gasteiger partial charge in [-0.1, -0.05) is 6.07 Å². The highest BCUT2D eigenvalue weighted by atomic mass is 32.2.